The first-order valence-corrected chi connectivity index (χ1v) is 4.14. The van der Waals surface area contributed by atoms with Crippen molar-refractivity contribution in [2.24, 2.45) is 5.92 Å². The fourth-order valence-electron chi connectivity index (χ4n) is 0.812. The Morgan fingerprint density at radius 1 is 1.50 bits per heavy atom. The maximum atomic E-state index is 13.2. The van der Waals surface area contributed by atoms with Crippen LogP contribution in [0, 0.1) is 5.92 Å². The third kappa shape index (κ3) is 2.47. The monoisotopic (exact) mass is 178 g/mol. The van der Waals surface area contributed by atoms with E-state index in [9.17, 15) is 8.78 Å². The number of hydrogen-bond acceptors (Lipinski definition) is 1. The molecule has 0 aromatic heterocycles. The fraction of sp³-hybridized carbons (Fsp3) is 0.778. The molecule has 1 nitrogen and oxygen atoms in total. The first kappa shape index (κ1) is 11.4. The molecule has 0 aromatic carbocycles. The fourth-order valence-corrected chi connectivity index (χ4v) is 0.812. The molecule has 0 atom stereocenters. The summed E-state index contributed by atoms with van der Waals surface area (Å²) in [7, 11) is 0. The number of rotatable bonds is 4. The summed E-state index contributed by atoms with van der Waals surface area (Å²) in [6.45, 7) is 6.48. The van der Waals surface area contributed by atoms with E-state index >= 15 is 0 Å². The Morgan fingerprint density at radius 2 is 2.00 bits per heavy atom. The van der Waals surface area contributed by atoms with Crippen molar-refractivity contribution in [3.05, 3.63) is 11.8 Å². The van der Waals surface area contributed by atoms with Crippen LogP contribution in [0.25, 0.3) is 0 Å². The van der Waals surface area contributed by atoms with E-state index in [1.165, 1.54) is 19.9 Å². The molecule has 0 amide bonds. The van der Waals surface area contributed by atoms with E-state index in [1.54, 1.807) is 13.8 Å². The Hall–Kier alpha value is -0.600. The van der Waals surface area contributed by atoms with Gasteiger partial charge in [-0.3, -0.25) is 0 Å². The van der Waals surface area contributed by atoms with Gasteiger partial charge >= 0.3 is 5.92 Å². The molecule has 0 bridgehead atoms. The summed E-state index contributed by atoms with van der Waals surface area (Å²) in [5.74, 6) is -3.79. The summed E-state index contributed by atoms with van der Waals surface area (Å²) in [5.41, 5.74) is 0. The normalized spacial score (nSPS) is 13.8. The molecule has 0 aliphatic carbocycles. The maximum Gasteiger partial charge on any atom is 0.305 e. The van der Waals surface area contributed by atoms with Crippen LogP contribution in [0.4, 0.5) is 8.78 Å². The Morgan fingerprint density at radius 3 is 2.25 bits per heavy atom. The van der Waals surface area contributed by atoms with E-state index in [0.717, 1.165) is 0 Å². The van der Waals surface area contributed by atoms with Crippen LogP contribution in [-0.4, -0.2) is 12.5 Å². The zero-order valence-electron chi connectivity index (χ0n) is 8.03. The summed E-state index contributed by atoms with van der Waals surface area (Å²) in [5, 5.41) is 0. The maximum absolute atomic E-state index is 13.2. The van der Waals surface area contributed by atoms with Crippen LogP contribution >= 0.6 is 0 Å². The summed E-state index contributed by atoms with van der Waals surface area (Å²) >= 11 is 0. The van der Waals surface area contributed by atoms with Crippen molar-refractivity contribution in [3.8, 4) is 0 Å². The molecule has 0 aromatic rings. The highest BCUT2D eigenvalue weighted by atomic mass is 19.3. The molecule has 0 unspecified atom stereocenters. The van der Waals surface area contributed by atoms with Crippen LogP contribution < -0.4 is 0 Å². The highest BCUT2D eigenvalue weighted by Crippen LogP contribution is 2.32. The van der Waals surface area contributed by atoms with Crippen LogP contribution in [0.3, 0.4) is 0 Å². The summed E-state index contributed by atoms with van der Waals surface area (Å²) in [4.78, 5) is 0. The molecule has 0 spiro atoms. The predicted octanol–water partition coefficient (Wildman–Crippen LogP) is 3.22. The van der Waals surface area contributed by atoms with Gasteiger partial charge in [0.1, 0.15) is 0 Å². The molecule has 0 rings (SSSR count). The summed E-state index contributed by atoms with van der Waals surface area (Å²) in [6, 6.07) is 0. The minimum atomic E-state index is -2.84. The molecule has 0 fully saturated rings. The number of allylic oxidation sites excluding steroid dienone is 2. The number of alkyl halides is 2. The van der Waals surface area contributed by atoms with Gasteiger partial charge in [-0.2, -0.15) is 8.78 Å². The van der Waals surface area contributed by atoms with Gasteiger partial charge in [-0.25, -0.2) is 0 Å². The molecule has 12 heavy (non-hydrogen) atoms. The SMILES string of the molecule is CC=C(OCC)C(F)(F)C(C)C. The zero-order chi connectivity index (χ0) is 9.78. The molecule has 3 heteroatoms. The number of hydrogen-bond donors (Lipinski definition) is 0. The Balaban J connectivity index is 4.49. The molecule has 0 aliphatic heterocycles. The second-order valence-electron chi connectivity index (χ2n) is 2.86. The molecule has 0 saturated carbocycles. The number of halogens is 2. The minimum absolute atomic E-state index is 0.222. The van der Waals surface area contributed by atoms with Crippen molar-refractivity contribution in [2.45, 2.75) is 33.6 Å². The van der Waals surface area contributed by atoms with Crippen LogP contribution in [0.15, 0.2) is 11.8 Å². The van der Waals surface area contributed by atoms with Crippen LogP contribution in [0.5, 0.6) is 0 Å². The smallest absolute Gasteiger partial charge is 0.305 e. The zero-order valence-corrected chi connectivity index (χ0v) is 8.03. The van der Waals surface area contributed by atoms with Gasteiger partial charge in [-0.05, 0) is 19.9 Å². The lowest BCUT2D eigenvalue weighted by Gasteiger charge is -2.22. The minimum Gasteiger partial charge on any atom is -0.492 e. The molecule has 0 saturated heterocycles. The highest BCUT2D eigenvalue weighted by Gasteiger charge is 2.39. The topological polar surface area (TPSA) is 9.23 Å². The summed E-state index contributed by atoms with van der Waals surface area (Å²) < 4.78 is 31.2. The Kier molecular flexibility index (Phi) is 4.21. The second kappa shape index (κ2) is 4.43. The van der Waals surface area contributed by atoms with Crippen molar-refractivity contribution in [1.82, 2.24) is 0 Å². The lowest BCUT2D eigenvalue weighted by Crippen LogP contribution is -2.28. The Bertz CT molecular complexity index is 162. The predicted molar refractivity (Wildman–Crippen MR) is 45.2 cm³/mol. The molecule has 0 heterocycles. The van der Waals surface area contributed by atoms with E-state index in [0.29, 0.717) is 0 Å². The standard InChI is InChI=1S/C9H16F2O/c1-5-8(12-6-2)9(10,11)7(3)4/h5,7H,6H2,1-4H3. The average molecular weight is 178 g/mol. The average Bonchev–Trinajstić information content (AvgIpc) is 1.99. The van der Waals surface area contributed by atoms with Gasteiger partial charge in [-0.15, -0.1) is 0 Å². The van der Waals surface area contributed by atoms with E-state index in [2.05, 4.69) is 0 Å². The Labute approximate surface area is 72.4 Å². The van der Waals surface area contributed by atoms with Gasteiger partial charge in [0.15, 0.2) is 5.76 Å². The van der Waals surface area contributed by atoms with Crippen molar-refractivity contribution in [3.63, 3.8) is 0 Å². The van der Waals surface area contributed by atoms with E-state index in [1.807, 2.05) is 0 Å². The third-order valence-corrected chi connectivity index (χ3v) is 1.62. The van der Waals surface area contributed by atoms with Gasteiger partial charge in [0.2, 0.25) is 0 Å². The van der Waals surface area contributed by atoms with Gasteiger partial charge in [0.05, 0.1) is 6.61 Å². The van der Waals surface area contributed by atoms with Crippen molar-refractivity contribution in [1.29, 1.82) is 0 Å². The molecule has 0 N–H and O–H groups in total. The quantitative estimate of drug-likeness (QED) is 0.600. The van der Waals surface area contributed by atoms with Crippen molar-refractivity contribution >= 4 is 0 Å². The third-order valence-electron chi connectivity index (χ3n) is 1.62. The van der Waals surface area contributed by atoms with Gasteiger partial charge < -0.3 is 4.74 Å². The lowest BCUT2D eigenvalue weighted by atomic mass is 10.0. The van der Waals surface area contributed by atoms with Gasteiger partial charge in [0, 0.05) is 5.92 Å². The van der Waals surface area contributed by atoms with Crippen LogP contribution in [-0.2, 0) is 4.74 Å². The molecule has 72 valence electrons. The first-order valence-electron chi connectivity index (χ1n) is 4.14. The van der Waals surface area contributed by atoms with Crippen molar-refractivity contribution < 1.29 is 13.5 Å². The number of ether oxygens (including phenoxy) is 1. The summed E-state index contributed by atoms with van der Waals surface area (Å²) in [6.07, 6.45) is 1.32. The largest absolute Gasteiger partial charge is 0.492 e. The molecule has 0 aliphatic rings. The van der Waals surface area contributed by atoms with E-state index in [4.69, 9.17) is 4.74 Å². The van der Waals surface area contributed by atoms with Crippen molar-refractivity contribution in [2.75, 3.05) is 6.61 Å². The molecular formula is C9H16F2O. The van der Waals surface area contributed by atoms with Crippen LogP contribution in [0.2, 0.25) is 0 Å². The van der Waals surface area contributed by atoms with Gasteiger partial charge in [0.25, 0.3) is 0 Å². The van der Waals surface area contributed by atoms with Crippen LogP contribution in [0.1, 0.15) is 27.7 Å². The second-order valence-corrected chi connectivity index (χ2v) is 2.86. The lowest BCUT2D eigenvalue weighted by molar-refractivity contribution is -0.0570. The first-order chi connectivity index (χ1) is 5.46. The van der Waals surface area contributed by atoms with Gasteiger partial charge in [-0.1, -0.05) is 13.8 Å². The van der Waals surface area contributed by atoms with E-state index in [-0.39, 0.29) is 12.4 Å². The highest BCUT2D eigenvalue weighted by molar-refractivity contribution is 5.05. The molecular weight excluding hydrogens is 162 g/mol. The van der Waals surface area contributed by atoms with E-state index < -0.39 is 11.8 Å². The molecule has 0 radical (unpaired) electrons.